The van der Waals surface area contributed by atoms with Gasteiger partial charge in [-0.05, 0) is 43.9 Å². The molecule has 1 aliphatic carbocycles. The monoisotopic (exact) mass is 278 g/mol. The number of hydrogen-bond donors (Lipinski definition) is 2. The molecule has 1 saturated carbocycles. The van der Waals surface area contributed by atoms with Gasteiger partial charge in [0.1, 0.15) is 0 Å². The van der Waals surface area contributed by atoms with Crippen molar-refractivity contribution in [1.29, 1.82) is 0 Å². The summed E-state index contributed by atoms with van der Waals surface area (Å²) in [6, 6.07) is 4.87. The van der Waals surface area contributed by atoms with Crippen molar-refractivity contribution < 1.29 is 0 Å². The molecule has 1 heterocycles. The summed E-state index contributed by atoms with van der Waals surface area (Å²) >= 11 is 0. The molecule has 0 saturated heterocycles. The number of fused-ring (bicyclic) bond motifs is 1. The molecular formula is C16H23ClN2. The smallest absolute Gasteiger partial charge is 0.0486 e. The number of hydrogen-bond acceptors (Lipinski definition) is 1. The van der Waals surface area contributed by atoms with Crippen molar-refractivity contribution in [2.45, 2.75) is 51.5 Å². The lowest BCUT2D eigenvalue weighted by Gasteiger charge is -2.28. The number of aromatic amines is 1. The summed E-state index contributed by atoms with van der Waals surface area (Å²) in [6.45, 7) is 4.35. The summed E-state index contributed by atoms with van der Waals surface area (Å²) in [7, 11) is 0. The first kappa shape index (κ1) is 14.4. The van der Waals surface area contributed by atoms with Crippen LogP contribution in [0.2, 0.25) is 0 Å². The number of nitrogens with one attached hydrogen (secondary N) is 1. The summed E-state index contributed by atoms with van der Waals surface area (Å²) in [5, 5.41) is 1.38. The number of aromatic nitrogens is 1. The highest BCUT2D eigenvalue weighted by Crippen LogP contribution is 2.36. The van der Waals surface area contributed by atoms with Crippen molar-refractivity contribution in [3.63, 3.8) is 0 Å². The van der Waals surface area contributed by atoms with Gasteiger partial charge in [-0.1, -0.05) is 24.5 Å². The average Bonchev–Trinajstić information content (AvgIpc) is 2.73. The van der Waals surface area contributed by atoms with E-state index in [2.05, 4.69) is 37.2 Å². The molecular weight excluding hydrogens is 256 g/mol. The van der Waals surface area contributed by atoms with Gasteiger partial charge < -0.3 is 10.7 Å². The second-order valence-electron chi connectivity index (χ2n) is 5.80. The number of H-pyrrole nitrogens is 1. The van der Waals surface area contributed by atoms with Gasteiger partial charge in [-0.25, -0.2) is 0 Å². The van der Waals surface area contributed by atoms with Gasteiger partial charge in [-0.15, -0.1) is 12.4 Å². The second-order valence-corrected chi connectivity index (χ2v) is 5.80. The molecule has 2 nitrogen and oxygen atoms in total. The van der Waals surface area contributed by atoms with E-state index in [0.29, 0.717) is 12.0 Å². The van der Waals surface area contributed by atoms with Crippen LogP contribution >= 0.6 is 12.4 Å². The molecule has 1 aromatic heterocycles. The normalized spacial score (nSPS) is 23.3. The van der Waals surface area contributed by atoms with E-state index in [9.17, 15) is 0 Å². The van der Waals surface area contributed by atoms with Crippen LogP contribution in [0.25, 0.3) is 10.9 Å². The molecule has 0 bridgehead atoms. The van der Waals surface area contributed by atoms with E-state index in [1.165, 1.54) is 53.3 Å². The van der Waals surface area contributed by atoms with Crippen LogP contribution in [-0.2, 0) is 0 Å². The first-order valence-electron chi connectivity index (χ1n) is 7.00. The number of benzene rings is 1. The Labute approximate surface area is 121 Å². The first-order valence-corrected chi connectivity index (χ1v) is 7.00. The molecule has 0 spiro atoms. The number of nitrogens with two attached hydrogens (primary N) is 1. The van der Waals surface area contributed by atoms with Gasteiger partial charge in [-0.3, -0.25) is 0 Å². The second kappa shape index (κ2) is 5.56. The summed E-state index contributed by atoms with van der Waals surface area (Å²) in [6.07, 6.45) is 7.20. The molecule has 1 unspecified atom stereocenters. The van der Waals surface area contributed by atoms with E-state index in [1.54, 1.807) is 0 Å². The van der Waals surface area contributed by atoms with Gasteiger partial charge in [0.25, 0.3) is 0 Å². The largest absolute Gasteiger partial charge is 0.361 e. The van der Waals surface area contributed by atoms with Gasteiger partial charge >= 0.3 is 0 Å². The van der Waals surface area contributed by atoms with Crippen LogP contribution in [-0.4, -0.2) is 11.0 Å². The van der Waals surface area contributed by atoms with Gasteiger partial charge in [-0.2, -0.15) is 0 Å². The molecule has 3 N–H and O–H groups in total. The van der Waals surface area contributed by atoms with E-state index in [0.717, 1.165) is 0 Å². The molecule has 2 atom stereocenters. The maximum Gasteiger partial charge on any atom is 0.0486 e. The van der Waals surface area contributed by atoms with Crippen LogP contribution in [0.3, 0.4) is 0 Å². The van der Waals surface area contributed by atoms with Crippen molar-refractivity contribution >= 4 is 23.3 Å². The van der Waals surface area contributed by atoms with Crippen molar-refractivity contribution in [1.82, 2.24) is 4.98 Å². The van der Waals surface area contributed by atoms with Gasteiger partial charge in [0.05, 0.1) is 0 Å². The molecule has 1 aliphatic rings. The third kappa shape index (κ3) is 2.52. The molecule has 3 heteroatoms. The summed E-state index contributed by atoms with van der Waals surface area (Å²) in [4.78, 5) is 3.45. The van der Waals surface area contributed by atoms with Crippen molar-refractivity contribution in [3.05, 3.63) is 35.0 Å². The maximum absolute atomic E-state index is 6.32. The van der Waals surface area contributed by atoms with E-state index >= 15 is 0 Å². The Hall–Kier alpha value is -0.990. The molecule has 0 amide bonds. The highest BCUT2D eigenvalue weighted by atomic mass is 35.5. The molecule has 1 aromatic carbocycles. The molecule has 19 heavy (non-hydrogen) atoms. The van der Waals surface area contributed by atoms with Crippen LogP contribution in [0, 0.1) is 13.8 Å². The lowest BCUT2D eigenvalue weighted by molar-refractivity contribution is 0.387. The molecule has 0 aliphatic heterocycles. The summed E-state index contributed by atoms with van der Waals surface area (Å²) in [5.41, 5.74) is 11.7. The molecule has 0 radical (unpaired) electrons. The zero-order valence-corrected chi connectivity index (χ0v) is 12.5. The van der Waals surface area contributed by atoms with E-state index in [1.807, 2.05) is 0 Å². The van der Waals surface area contributed by atoms with E-state index in [4.69, 9.17) is 5.73 Å². The highest BCUT2D eigenvalue weighted by molar-refractivity contribution is 5.87. The number of halogens is 1. The summed E-state index contributed by atoms with van der Waals surface area (Å²) < 4.78 is 0. The molecule has 3 rings (SSSR count). The zero-order valence-electron chi connectivity index (χ0n) is 11.7. The van der Waals surface area contributed by atoms with Crippen LogP contribution < -0.4 is 5.73 Å². The molecule has 1 fully saturated rings. The van der Waals surface area contributed by atoms with E-state index < -0.39 is 0 Å². The minimum Gasteiger partial charge on any atom is -0.361 e. The molecule has 104 valence electrons. The highest BCUT2D eigenvalue weighted by Gasteiger charge is 2.25. The van der Waals surface area contributed by atoms with Crippen LogP contribution in [0.5, 0.6) is 0 Å². The third-order valence-corrected chi connectivity index (χ3v) is 4.38. The maximum atomic E-state index is 6.32. The minimum atomic E-state index is 0. The Morgan fingerprint density at radius 2 is 1.89 bits per heavy atom. The van der Waals surface area contributed by atoms with Crippen LogP contribution in [0.15, 0.2) is 18.3 Å². The predicted octanol–water partition coefficient (Wildman–Crippen LogP) is 4.19. The first-order chi connectivity index (χ1) is 8.66. The standard InChI is InChI=1S/C16H22N2.ClH/c1-10-7-11(2)16-13(8-10)14(9-18-16)12-5-3-4-6-15(12)17;/h7-9,12,15,18H,3-6,17H2,1-2H3;1H/t12?,15-;/m0./s1. The minimum absolute atomic E-state index is 0. The fourth-order valence-corrected chi connectivity index (χ4v) is 3.47. The van der Waals surface area contributed by atoms with Gasteiger partial charge in [0, 0.05) is 29.1 Å². The lowest BCUT2D eigenvalue weighted by atomic mass is 9.80. The van der Waals surface area contributed by atoms with Crippen LogP contribution in [0.4, 0.5) is 0 Å². The van der Waals surface area contributed by atoms with Crippen molar-refractivity contribution in [2.24, 2.45) is 5.73 Å². The number of aryl methyl sites for hydroxylation is 2. The lowest BCUT2D eigenvalue weighted by Crippen LogP contribution is -2.31. The van der Waals surface area contributed by atoms with Gasteiger partial charge in [0.2, 0.25) is 0 Å². The Morgan fingerprint density at radius 3 is 2.63 bits per heavy atom. The quantitative estimate of drug-likeness (QED) is 0.807. The Morgan fingerprint density at radius 1 is 1.16 bits per heavy atom. The van der Waals surface area contributed by atoms with Crippen LogP contribution in [0.1, 0.15) is 48.3 Å². The Bertz CT molecular complexity index is 573. The summed E-state index contributed by atoms with van der Waals surface area (Å²) in [5.74, 6) is 0.536. The third-order valence-electron chi connectivity index (χ3n) is 4.38. The fraction of sp³-hybridized carbons (Fsp3) is 0.500. The van der Waals surface area contributed by atoms with Crippen molar-refractivity contribution in [2.75, 3.05) is 0 Å². The van der Waals surface area contributed by atoms with Gasteiger partial charge in [0.15, 0.2) is 0 Å². The zero-order chi connectivity index (χ0) is 12.7. The fourth-order valence-electron chi connectivity index (χ4n) is 3.47. The average molecular weight is 279 g/mol. The number of rotatable bonds is 1. The predicted molar refractivity (Wildman–Crippen MR) is 84.2 cm³/mol. The SMILES string of the molecule is Cc1cc(C)c2[nH]cc(C3CCCC[C@@H]3N)c2c1.Cl. The molecule has 2 aromatic rings. The Balaban J connectivity index is 0.00000133. The Kier molecular flexibility index (Phi) is 4.22. The topological polar surface area (TPSA) is 41.8 Å². The van der Waals surface area contributed by atoms with Crippen molar-refractivity contribution in [3.8, 4) is 0 Å². The van der Waals surface area contributed by atoms with E-state index in [-0.39, 0.29) is 12.4 Å².